The van der Waals surface area contributed by atoms with Crippen molar-refractivity contribution < 1.29 is 9.84 Å². The molecule has 0 amide bonds. The van der Waals surface area contributed by atoms with Gasteiger partial charge in [-0.2, -0.15) is 0 Å². The summed E-state index contributed by atoms with van der Waals surface area (Å²) in [7, 11) is 1.63. The molecule has 2 heteroatoms. The Bertz CT molecular complexity index is 635. The molecule has 3 aliphatic carbocycles. The van der Waals surface area contributed by atoms with E-state index < -0.39 is 0 Å². The van der Waals surface area contributed by atoms with Gasteiger partial charge in [-0.3, -0.25) is 0 Å². The number of phenols is 1. The summed E-state index contributed by atoms with van der Waals surface area (Å²) in [5.74, 6) is 3.92. The van der Waals surface area contributed by atoms with Gasteiger partial charge >= 0.3 is 0 Å². The summed E-state index contributed by atoms with van der Waals surface area (Å²) in [6.45, 7) is 6.61. The lowest BCUT2D eigenvalue weighted by Crippen LogP contribution is -2.41. The van der Waals surface area contributed by atoms with Crippen molar-refractivity contribution in [3.8, 4) is 11.5 Å². The van der Waals surface area contributed by atoms with E-state index in [0.29, 0.717) is 28.7 Å². The molecule has 3 aliphatic rings. The first kappa shape index (κ1) is 15.1. The van der Waals surface area contributed by atoms with E-state index in [1.165, 1.54) is 37.7 Å². The third-order valence-electron chi connectivity index (χ3n) is 7.42. The van der Waals surface area contributed by atoms with Crippen LogP contribution in [0, 0.1) is 23.2 Å². The molecule has 0 saturated heterocycles. The number of benzene rings is 1. The molecule has 2 saturated carbocycles. The van der Waals surface area contributed by atoms with Crippen molar-refractivity contribution in [1.82, 2.24) is 0 Å². The largest absolute Gasteiger partial charge is 0.504 e. The van der Waals surface area contributed by atoms with E-state index in [1.807, 2.05) is 6.07 Å². The van der Waals surface area contributed by atoms with E-state index in [-0.39, 0.29) is 0 Å². The number of methoxy groups -OCH3 is 1. The predicted octanol–water partition coefficient (Wildman–Crippen LogP) is 5.06. The molecule has 1 aromatic carbocycles. The van der Waals surface area contributed by atoms with Gasteiger partial charge in [0.05, 0.1) is 7.11 Å². The van der Waals surface area contributed by atoms with Crippen LogP contribution in [0.25, 0.3) is 0 Å². The van der Waals surface area contributed by atoms with Crippen LogP contribution in [0.5, 0.6) is 11.5 Å². The third-order valence-corrected chi connectivity index (χ3v) is 7.42. The molecule has 1 N–H and O–H groups in total. The van der Waals surface area contributed by atoms with Crippen molar-refractivity contribution in [2.24, 2.45) is 23.2 Å². The zero-order chi connectivity index (χ0) is 16.2. The molecule has 4 rings (SSSR count). The lowest BCUT2D eigenvalue weighted by atomic mass is 9.54. The second-order valence-electron chi connectivity index (χ2n) is 8.06. The number of allylic oxidation sites excluding steroid dienone is 1. The van der Waals surface area contributed by atoms with E-state index in [2.05, 4.69) is 25.6 Å². The predicted molar refractivity (Wildman–Crippen MR) is 93.0 cm³/mol. The molecule has 0 spiro atoms. The maximum atomic E-state index is 10.5. The number of ether oxygens (including phenoxy) is 1. The number of rotatable bonds is 2. The normalized spacial score (nSPS) is 38.3. The standard InChI is InChI=1S/C21H28O2/c1-4-13-5-9-18-16-6-7-17-14(8-10-19(23-3)20(17)22)15(16)11-12-21(13,18)2/h4,8,10,13,15-16,18,22H,1,5-7,9,11-12H2,2-3H3/t13-,15?,16?,18?,21+/m0/s1. The Hall–Kier alpha value is -1.44. The van der Waals surface area contributed by atoms with Crippen molar-refractivity contribution >= 4 is 0 Å². The Kier molecular flexibility index (Phi) is 3.48. The highest BCUT2D eigenvalue weighted by atomic mass is 16.5. The fourth-order valence-electron chi connectivity index (χ4n) is 6.22. The zero-order valence-electron chi connectivity index (χ0n) is 14.3. The molecule has 0 heterocycles. The van der Waals surface area contributed by atoms with E-state index in [1.54, 1.807) is 7.11 Å². The summed E-state index contributed by atoms with van der Waals surface area (Å²) in [4.78, 5) is 0. The van der Waals surface area contributed by atoms with Crippen LogP contribution in [0.2, 0.25) is 0 Å². The maximum Gasteiger partial charge on any atom is 0.161 e. The zero-order valence-corrected chi connectivity index (χ0v) is 14.3. The smallest absolute Gasteiger partial charge is 0.161 e. The molecule has 0 aliphatic heterocycles. The summed E-state index contributed by atoms with van der Waals surface area (Å²) in [6.07, 6.45) is 9.63. The third kappa shape index (κ3) is 2.00. The van der Waals surface area contributed by atoms with Gasteiger partial charge in [0.1, 0.15) is 0 Å². The van der Waals surface area contributed by atoms with Gasteiger partial charge in [0.15, 0.2) is 11.5 Å². The number of hydrogen-bond acceptors (Lipinski definition) is 2. The molecule has 0 aromatic heterocycles. The summed E-state index contributed by atoms with van der Waals surface area (Å²) in [5.41, 5.74) is 2.99. The van der Waals surface area contributed by atoms with Crippen LogP contribution in [0.1, 0.15) is 56.1 Å². The molecule has 0 bridgehead atoms. The lowest BCUT2D eigenvalue weighted by Gasteiger charge is -2.50. The maximum absolute atomic E-state index is 10.5. The van der Waals surface area contributed by atoms with Gasteiger partial charge in [-0.05, 0) is 79.2 Å². The van der Waals surface area contributed by atoms with Crippen molar-refractivity contribution in [2.45, 2.75) is 51.4 Å². The second kappa shape index (κ2) is 5.29. The fourth-order valence-corrected chi connectivity index (χ4v) is 6.22. The molecule has 124 valence electrons. The van der Waals surface area contributed by atoms with Crippen molar-refractivity contribution in [3.63, 3.8) is 0 Å². The summed E-state index contributed by atoms with van der Waals surface area (Å²) >= 11 is 0. The van der Waals surface area contributed by atoms with Crippen molar-refractivity contribution in [1.29, 1.82) is 0 Å². The molecule has 1 aromatic rings. The number of fused-ring (bicyclic) bond motifs is 5. The highest BCUT2D eigenvalue weighted by molar-refractivity contribution is 5.52. The lowest BCUT2D eigenvalue weighted by molar-refractivity contribution is 0.0407. The number of aromatic hydroxyl groups is 1. The van der Waals surface area contributed by atoms with Crippen LogP contribution >= 0.6 is 0 Å². The molecule has 5 atom stereocenters. The Morgan fingerprint density at radius 3 is 2.83 bits per heavy atom. The SMILES string of the molecule is C=C[C@H]1CCC2C3CCc4c(ccc(OC)c4O)C3CC[C@@]21C. The van der Waals surface area contributed by atoms with Crippen molar-refractivity contribution in [3.05, 3.63) is 35.9 Å². The molecule has 0 radical (unpaired) electrons. The second-order valence-corrected chi connectivity index (χ2v) is 8.06. The first-order valence-electron chi connectivity index (χ1n) is 9.11. The average Bonchev–Trinajstić information content (AvgIpc) is 2.91. The van der Waals surface area contributed by atoms with Crippen LogP contribution in [0.4, 0.5) is 0 Å². The van der Waals surface area contributed by atoms with Crippen LogP contribution in [-0.4, -0.2) is 12.2 Å². The summed E-state index contributed by atoms with van der Waals surface area (Å²) < 4.78 is 5.30. The highest BCUT2D eigenvalue weighted by Crippen LogP contribution is 2.63. The van der Waals surface area contributed by atoms with E-state index >= 15 is 0 Å². The van der Waals surface area contributed by atoms with Gasteiger partial charge < -0.3 is 9.84 Å². The molecule has 2 nitrogen and oxygen atoms in total. The highest BCUT2D eigenvalue weighted by Gasteiger charge is 2.53. The Balaban J connectivity index is 1.71. The Morgan fingerprint density at radius 1 is 1.26 bits per heavy atom. The quantitative estimate of drug-likeness (QED) is 0.774. The monoisotopic (exact) mass is 312 g/mol. The fraction of sp³-hybridized carbons (Fsp3) is 0.619. The Labute approximate surface area is 139 Å². The number of phenolic OH excluding ortho intramolecular Hbond substituents is 1. The van der Waals surface area contributed by atoms with Crippen LogP contribution < -0.4 is 4.74 Å². The van der Waals surface area contributed by atoms with E-state index in [9.17, 15) is 5.11 Å². The molecular formula is C21H28O2. The summed E-state index contributed by atoms with van der Waals surface area (Å²) in [5, 5.41) is 10.5. The minimum atomic E-state index is 0.382. The van der Waals surface area contributed by atoms with E-state index in [4.69, 9.17) is 4.74 Å². The van der Waals surface area contributed by atoms with E-state index in [0.717, 1.165) is 23.8 Å². The minimum absolute atomic E-state index is 0.382. The van der Waals surface area contributed by atoms with Crippen LogP contribution in [0.3, 0.4) is 0 Å². The summed E-state index contributed by atoms with van der Waals surface area (Å²) in [6, 6.07) is 4.17. The topological polar surface area (TPSA) is 29.5 Å². The van der Waals surface area contributed by atoms with Gasteiger partial charge in [-0.1, -0.05) is 19.1 Å². The van der Waals surface area contributed by atoms with Gasteiger partial charge in [-0.15, -0.1) is 6.58 Å². The van der Waals surface area contributed by atoms with Gasteiger partial charge in [-0.25, -0.2) is 0 Å². The molecular weight excluding hydrogens is 284 g/mol. The first-order valence-corrected chi connectivity index (χ1v) is 9.11. The average molecular weight is 312 g/mol. The Morgan fingerprint density at radius 2 is 2.09 bits per heavy atom. The van der Waals surface area contributed by atoms with Crippen molar-refractivity contribution in [2.75, 3.05) is 7.11 Å². The minimum Gasteiger partial charge on any atom is -0.504 e. The van der Waals surface area contributed by atoms with Gasteiger partial charge in [0.25, 0.3) is 0 Å². The number of hydrogen-bond donors (Lipinski definition) is 1. The van der Waals surface area contributed by atoms with Crippen LogP contribution in [-0.2, 0) is 6.42 Å². The molecule has 2 fully saturated rings. The molecule has 3 unspecified atom stereocenters. The van der Waals surface area contributed by atoms with Gasteiger partial charge in [0.2, 0.25) is 0 Å². The first-order chi connectivity index (χ1) is 11.1. The molecule has 23 heavy (non-hydrogen) atoms. The van der Waals surface area contributed by atoms with Gasteiger partial charge in [0, 0.05) is 5.56 Å². The van der Waals surface area contributed by atoms with Crippen LogP contribution in [0.15, 0.2) is 24.8 Å².